The minimum absolute atomic E-state index is 0.0105. The van der Waals surface area contributed by atoms with Crippen LogP contribution < -0.4 is 5.56 Å². The van der Waals surface area contributed by atoms with Gasteiger partial charge in [0, 0.05) is 39.3 Å². The maximum atomic E-state index is 12.7. The third-order valence-electron chi connectivity index (χ3n) is 5.83. The molecule has 0 saturated carbocycles. The van der Waals surface area contributed by atoms with E-state index in [-0.39, 0.29) is 23.9 Å². The van der Waals surface area contributed by atoms with Gasteiger partial charge in [-0.1, -0.05) is 12.1 Å². The SMILES string of the molecule is O=C(CN1CCN(C(=O)Cn2cnc3ccccc3c2=O)CC1)N1CCCCC1. The molecule has 4 rings (SSSR count). The number of benzene rings is 1. The Labute approximate surface area is 169 Å². The van der Waals surface area contributed by atoms with Gasteiger partial charge < -0.3 is 9.80 Å². The molecule has 2 fully saturated rings. The second-order valence-electron chi connectivity index (χ2n) is 7.79. The summed E-state index contributed by atoms with van der Waals surface area (Å²) < 4.78 is 1.37. The van der Waals surface area contributed by atoms with E-state index < -0.39 is 0 Å². The van der Waals surface area contributed by atoms with Gasteiger partial charge in [-0.25, -0.2) is 4.98 Å². The molecule has 0 N–H and O–H groups in total. The number of hydrogen-bond donors (Lipinski definition) is 0. The van der Waals surface area contributed by atoms with E-state index in [9.17, 15) is 14.4 Å². The molecular formula is C21H27N5O3. The maximum absolute atomic E-state index is 12.7. The standard InChI is InChI=1S/C21H27N5O3/c27-19(24-8-4-1-5-9-24)14-23-10-12-25(13-11-23)20(28)15-26-16-22-18-7-3-2-6-17(18)21(26)29/h2-3,6-7,16H,1,4-5,8-15H2. The number of carbonyl (C=O) groups is 2. The number of rotatable bonds is 4. The van der Waals surface area contributed by atoms with Crippen molar-refractivity contribution in [1.29, 1.82) is 0 Å². The van der Waals surface area contributed by atoms with Crippen molar-refractivity contribution >= 4 is 22.7 Å². The van der Waals surface area contributed by atoms with Crippen LogP contribution in [0.2, 0.25) is 0 Å². The van der Waals surface area contributed by atoms with Crippen LogP contribution in [0.1, 0.15) is 19.3 Å². The van der Waals surface area contributed by atoms with Gasteiger partial charge in [-0.3, -0.25) is 23.9 Å². The van der Waals surface area contributed by atoms with Crippen LogP contribution in [0.5, 0.6) is 0 Å². The van der Waals surface area contributed by atoms with Crippen molar-refractivity contribution in [2.24, 2.45) is 0 Å². The fraction of sp³-hybridized carbons (Fsp3) is 0.524. The molecule has 2 aromatic rings. The zero-order valence-corrected chi connectivity index (χ0v) is 16.6. The molecule has 0 bridgehead atoms. The fourth-order valence-electron chi connectivity index (χ4n) is 4.05. The van der Waals surface area contributed by atoms with Gasteiger partial charge in [0.25, 0.3) is 5.56 Å². The van der Waals surface area contributed by atoms with Crippen LogP contribution in [0.25, 0.3) is 10.9 Å². The van der Waals surface area contributed by atoms with Crippen molar-refractivity contribution in [2.75, 3.05) is 45.8 Å². The summed E-state index contributed by atoms with van der Waals surface area (Å²) >= 11 is 0. The van der Waals surface area contributed by atoms with Gasteiger partial charge in [-0.2, -0.15) is 0 Å². The summed E-state index contributed by atoms with van der Waals surface area (Å²) in [4.78, 5) is 47.8. The molecule has 0 radical (unpaired) electrons. The summed E-state index contributed by atoms with van der Waals surface area (Å²) in [7, 11) is 0. The molecule has 2 amide bonds. The Balaban J connectivity index is 1.31. The summed E-state index contributed by atoms with van der Waals surface area (Å²) in [6, 6.07) is 7.14. The summed E-state index contributed by atoms with van der Waals surface area (Å²) in [5.41, 5.74) is 0.433. The predicted molar refractivity (Wildman–Crippen MR) is 109 cm³/mol. The van der Waals surface area contributed by atoms with Gasteiger partial charge in [0.1, 0.15) is 6.54 Å². The van der Waals surface area contributed by atoms with Gasteiger partial charge in [0.2, 0.25) is 11.8 Å². The first-order chi connectivity index (χ1) is 14.1. The van der Waals surface area contributed by atoms with Crippen LogP contribution >= 0.6 is 0 Å². The van der Waals surface area contributed by atoms with Crippen molar-refractivity contribution in [2.45, 2.75) is 25.8 Å². The van der Waals surface area contributed by atoms with E-state index in [2.05, 4.69) is 9.88 Å². The lowest BCUT2D eigenvalue weighted by Gasteiger charge is -2.36. The molecule has 0 spiro atoms. The van der Waals surface area contributed by atoms with Crippen molar-refractivity contribution in [3.05, 3.63) is 40.9 Å². The second kappa shape index (κ2) is 8.73. The molecule has 3 heterocycles. The molecule has 1 aromatic carbocycles. The van der Waals surface area contributed by atoms with Crippen LogP contribution in [-0.4, -0.2) is 81.9 Å². The molecule has 0 atom stereocenters. The number of piperidine rings is 1. The number of carbonyl (C=O) groups excluding carboxylic acids is 2. The van der Waals surface area contributed by atoms with Gasteiger partial charge in [-0.05, 0) is 31.4 Å². The number of para-hydroxylation sites is 1. The molecule has 29 heavy (non-hydrogen) atoms. The molecule has 0 aliphatic carbocycles. The molecule has 2 aliphatic rings. The van der Waals surface area contributed by atoms with Gasteiger partial charge in [-0.15, -0.1) is 0 Å². The first-order valence-corrected chi connectivity index (χ1v) is 10.3. The van der Waals surface area contributed by atoms with E-state index >= 15 is 0 Å². The average molecular weight is 397 g/mol. The Hall–Kier alpha value is -2.74. The Bertz CT molecular complexity index is 943. The number of aromatic nitrogens is 2. The number of fused-ring (bicyclic) bond motifs is 1. The van der Waals surface area contributed by atoms with Crippen LogP contribution in [0.4, 0.5) is 0 Å². The van der Waals surface area contributed by atoms with Crippen molar-refractivity contribution in [3.63, 3.8) is 0 Å². The minimum Gasteiger partial charge on any atom is -0.342 e. The summed E-state index contributed by atoms with van der Waals surface area (Å²) in [6.45, 7) is 4.65. The quantitative estimate of drug-likeness (QED) is 0.753. The molecule has 2 saturated heterocycles. The van der Waals surface area contributed by atoms with Crippen LogP contribution in [0.15, 0.2) is 35.4 Å². The van der Waals surface area contributed by atoms with Gasteiger partial charge >= 0.3 is 0 Å². The second-order valence-corrected chi connectivity index (χ2v) is 7.79. The first-order valence-electron chi connectivity index (χ1n) is 10.3. The number of amides is 2. The highest BCUT2D eigenvalue weighted by molar-refractivity contribution is 5.79. The highest BCUT2D eigenvalue weighted by Crippen LogP contribution is 2.11. The van der Waals surface area contributed by atoms with E-state index in [1.807, 2.05) is 11.0 Å². The monoisotopic (exact) mass is 397 g/mol. The highest BCUT2D eigenvalue weighted by Gasteiger charge is 2.25. The van der Waals surface area contributed by atoms with E-state index in [0.717, 1.165) is 25.9 Å². The zero-order valence-electron chi connectivity index (χ0n) is 16.6. The smallest absolute Gasteiger partial charge is 0.261 e. The van der Waals surface area contributed by atoms with Crippen molar-refractivity contribution in [3.8, 4) is 0 Å². The molecule has 8 nitrogen and oxygen atoms in total. The largest absolute Gasteiger partial charge is 0.342 e. The predicted octanol–water partition coefficient (Wildman–Crippen LogP) is 0.553. The van der Waals surface area contributed by atoms with Crippen LogP contribution in [0.3, 0.4) is 0 Å². The minimum atomic E-state index is -0.199. The van der Waals surface area contributed by atoms with Crippen molar-refractivity contribution in [1.82, 2.24) is 24.3 Å². The fourth-order valence-corrected chi connectivity index (χ4v) is 4.05. The normalized spacial score (nSPS) is 18.2. The van der Waals surface area contributed by atoms with E-state index in [4.69, 9.17) is 0 Å². The number of nitrogens with zero attached hydrogens (tertiary/aromatic N) is 5. The molecule has 1 aromatic heterocycles. The third kappa shape index (κ3) is 4.48. The maximum Gasteiger partial charge on any atom is 0.261 e. The first kappa shape index (κ1) is 19.6. The Morgan fingerprint density at radius 2 is 1.48 bits per heavy atom. The van der Waals surface area contributed by atoms with Crippen LogP contribution in [-0.2, 0) is 16.1 Å². The Morgan fingerprint density at radius 1 is 0.828 bits per heavy atom. The summed E-state index contributed by atoms with van der Waals surface area (Å²) in [5, 5.41) is 0.517. The van der Waals surface area contributed by atoms with Gasteiger partial charge in [0.05, 0.1) is 23.8 Å². The topological polar surface area (TPSA) is 78.8 Å². The highest BCUT2D eigenvalue weighted by atomic mass is 16.2. The lowest BCUT2D eigenvalue weighted by atomic mass is 10.1. The Morgan fingerprint density at radius 3 is 2.24 bits per heavy atom. The van der Waals surface area contributed by atoms with Gasteiger partial charge in [0.15, 0.2) is 0 Å². The third-order valence-corrected chi connectivity index (χ3v) is 5.83. The molecule has 8 heteroatoms. The molecule has 154 valence electrons. The average Bonchev–Trinajstić information content (AvgIpc) is 2.77. The van der Waals surface area contributed by atoms with E-state index in [1.165, 1.54) is 17.3 Å². The lowest BCUT2D eigenvalue weighted by molar-refractivity contribution is -0.136. The Kier molecular flexibility index (Phi) is 5.89. The van der Waals surface area contributed by atoms with Crippen molar-refractivity contribution < 1.29 is 9.59 Å². The summed E-state index contributed by atoms with van der Waals surface area (Å²) in [5.74, 6) is 0.101. The van der Waals surface area contributed by atoms with E-state index in [1.54, 1.807) is 23.1 Å². The molecule has 2 aliphatic heterocycles. The van der Waals surface area contributed by atoms with E-state index in [0.29, 0.717) is 43.6 Å². The molecular weight excluding hydrogens is 370 g/mol. The zero-order chi connectivity index (χ0) is 20.2. The number of piperazine rings is 1. The number of hydrogen-bond acceptors (Lipinski definition) is 5. The summed E-state index contributed by atoms with van der Waals surface area (Å²) in [6.07, 6.45) is 4.84. The van der Waals surface area contributed by atoms with Crippen LogP contribution in [0, 0.1) is 0 Å². The molecule has 0 unspecified atom stereocenters. The lowest BCUT2D eigenvalue weighted by Crippen LogP contribution is -2.52. The number of likely N-dealkylation sites (tertiary alicyclic amines) is 1.